The van der Waals surface area contributed by atoms with Crippen LogP contribution in [0.3, 0.4) is 0 Å². The van der Waals surface area contributed by atoms with Gasteiger partial charge in [0.25, 0.3) is 0 Å². The standard InChI is InChI=1S/C14H20N2O2/c15-8-14(4-5-14)9-16-6-3-11-1-2-12-13(7-11)18-10-17-12/h1-2,7,16H,3-6,8-10,15H2. The van der Waals surface area contributed by atoms with E-state index >= 15 is 0 Å². The van der Waals surface area contributed by atoms with Crippen molar-refractivity contribution in [3.05, 3.63) is 23.8 Å². The van der Waals surface area contributed by atoms with Crippen molar-refractivity contribution < 1.29 is 9.47 Å². The number of rotatable bonds is 6. The number of nitrogens with one attached hydrogen (secondary N) is 1. The molecule has 1 aliphatic carbocycles. The van der Waals surface area contributed by atoms with Crippen LogP contribution in [-0.4, -0.2) is 26.4 Å². The second-order valence-electron chi connectivity index (χ2n) is 5.32. The molecule has 0 unspecified atom stereocenters. The number of fused-ring (bicyclic) bond motifs is 1. The molecule has 4 heteroatoms. The van der Waals surface area contributed by atoms with E-state index in [0.29, 0.717) is 12.2 Å². The zero-order valence-electron chi connectivity index (χ0n) is 10.6. The summed E-state index contributed by atoms with van der Waals surface area (Å²) in [6, 6.07) is 6.16. The third-order valence-electron chi connectivity index (χ3n) is 3.92. The van der Waals surface area contributed by atoms with Crippen LogP contribution in [0.2, 0.25) is 0 Å². The first-order chi connectivity index (χ1) is 8.81. The molecule has 98 valence electrons. The Labute approximate surface area is 107 Å². The van der Waals surface area contributed by atoms with Crippen LogP contribution >= 0.6 is 0 Å². The van der Waals surface area contributed by atoms with Crippen molar-refractivity contribution in [3.8, 4) is 11.5 Å². The summed E-state index contributed by atoms with van der Waals surface area (Å²) in [7, 11) is 0. The van der Waals surface area contributed by atoms with Crippen LogP contribution in [0.1, 0.15) is 18.4 Å². The number of benzene rings is 1. The minimum absolute atomic E-state index is 0.343. The lowest BCUT2D eigenvalue weighted by Gasteiger charge is -2.13. The molecule has 18 heavy (non-hydrogen) atoms. The molecule has 0 aromatic heterocycles. The van der Waals surface area contributed by atoms with Crippen molar-refractivity contribution in [1.29, 1.82) is 0 Å². The molecule has 0 saturated heterocycles. The summed E-state index contributed by atoms with van der Waals surface area (Å²) in [4.78, 5) is 0. The summed E-state index contributed by atoms with van der Waals surface area (Å²) in [5.74, 6) is 1.72. The predicted molar refractivity (Wildman–Crippen MR) is 69.9 cm³/mol. The van der Waals surface area contributed by atoms with Gasteiger partial charge in [0.1, 0.15) is 0 Å². The second kappa shape index (κ2) is 4.78. The van der Waals surface area contributed by atoms with Crippen molar-refractivity contribution in [2.24, 2.45) is 11.1 Å². The molecule has 3 rings (SSSR count). The van der Waals surface area contributed by atoms with Gasteiger partial charge >= 0.3 is 0 Å². The fourth-order valence-corrected chi connectivity index (χ4v) is 2.31. The second-order valence-corrected chi connectivity index (χ2v) is 5.32. The Morgan fingerprint density at radius 2 is 2.06 bits per heavy atom. The van der Waals surface area contributed by atoms with E-state index in [1.807, 2.05) is 6.07 Å². The van der Waals surface area contributed by atoms with Crippen LogP contribution in [0.15, 0.2) is 18.2 Å². The molecule has 1 aromatic carbocycles. The lowest BCUT2D eigenvalue weighted by molar-refractivity contribution is 0.174. The lowest BCUT2D eigenvalue weighted by atomic mass is 10.1. The van der Waals surface area contributed by atoms with Crippen LogP contribution in [0, 0.1) is 5.41 Å². The zero-order valence-corrected chi connectivity index (χ0v) is 10.6. The molecule has 4 nitrogen and oxygen atoms in total. The third kappa shape index (κ3) is 2.44. The molecule has 3 N–H and O–H groups in total. The first-order valence-corrected chi connectivity index (χ1v) is 6.61. The lowest BCUT2D eigenvalue weighted by Crippen LogP contribution is -2.30. The molecule has 2 aliphatic rings. The van der Waals surface area contributed by atoms with E-state index in [1.54, 1.807) is 0 Å². The Morgan fingerprint density at radius 1 is 1.22 bits per heavy atom. The first kappa shape index (κ1) is 11.8. The molecule has 0 atom stereocenters. The number of hydrogen-bond donors (Lipinski definition) is 2. The Bertz CT molecular complexity index is 430. The Kier molecular flexibility index (Phi) is 3.14. The number of ether oxygens (including phenoxy) is 2. The van der Waals surface area contributed by atoms with Gasteiger partial charge in [-0.3, -0.25) is 0 Å². The maximum atomic E-state index is 5.75. The van der Waals surface area contributed by atoms with Gasteiger partial charge in [-0.1, -0.05) is 6.07 Å². The average molecular weight is 248 g/mol. The monoisotopic (exact) mass is 248 g/mol. The Hall–Kier alpha value is -1.26. The summed E-state index contributed by atoms with van der Waals surface area (Å²) < 4.78 is 10.7. The minimum Gasteiger partial charge on any atom is -0.454 e. The Morgan fingerprint density at radius 3 is 2.83 bits per heavy atom. The van der Waals surface area contributed by atoms with E-state index in [1.165, 1.54) is 18.4 Å². The molecular formula is C14H20N2O2. The zero-order chi connectivity index (χ0) is 12.4. The van der Waals surface area contributed by atoms with Crippen LogP contribution in [0.4, 0.5) is 0 Å². The fraction of sp³-hybridized carbons (Fsp3) is 0.571. The summed E-state index contributed by atoms with van der Waals surface area (Å²) in [5, 5.41) is 3.50. The van der Waals surface area contributed by atoms with E-state index in [9.17, 15) is 0 Å². The van der Waals surface area contributed by atoms with E-state index in [2.05, 4.69) is 17.4 Å². The van der Waals surface area contributed by atoms with Crippen molar-refractivity contribution in [2.45, 2.75) is 19.3 Å². The normalized spacial score (nSPS) is 18.9. The van der Waals surface area contributed by atoms with Crippen molar-refractivity contribution in [2.75, 3.05) is 26.4 Å². The molecule has 0 radical (unpaired) electrons. The van der Waals surface area contributed by atoms with E-state index in [0.717, 1.165) is 37.6 Å². The van der Waals surface area contributed by atoms with Gasteiger partial charge < -0.3 is 20.5 Å². The molecule has 0 bridgehead atoms. The highest BCUT2D eigenvalue weighted by Gasteiger charge is 2.40. The quantitative estimate of drug-likeness (QED) is 0.745. The maximum absolute atomic E-state index is 5.75. The highest BCUT2D eigenvalue weighted by molar-refractivity contribution is 5.44. The molecular weight excluding hydrogens is 228 g/mol. The minimum atomic E-state index is 0.343. The smallest absolute Gasteiger partial charge is 0.231 e. The molecule has 0 amide bonds. The van der Waals surface area contributed by atoms with Crippen LogP contribution < -0.4 is 20.5 Å². The van der Waals surface area contributed by atoms with Gasteiger partial charge in [-0.2, -0.15) is 0 Å². The van der Waals surface area contributed by atoms with Crippen molar-refractivity contribution in [3.63, 3.8) is 0 Å². The van der Waals surface area contributed by atoms with Gasteiger partial charge in [-0.15, -0.1) is 0 Å². The first-order valence-electron chi connectivity index (χ1n) is 6.61. The van der Waals surface area contributed by atoms with Gasteiger partial charge in [0.15, 0.2) is 11.5 Å². The summed E-state index contributed by atoms with van der Waals surface area (Å²) in [5.41, 5.74) is 7.45. The average Bonchev–Trinajstić information content (AvgIpc) is 3.03. The van der Waals surface area contributed by atoms with Gasteiger partial charge in [-0.05, 0) is 55.5 Å². The third-order valence-corrected chi connectivity index (χ3v) is 3.92. The highest BCUT2D eigenvalue weighted by atomic mass is 16.7. The molecule has 1 aliphatic heterocycles. The van der Waals surface area contributed by atoms with E-state index < -0.39 is 0 Å². The predicted octanol–water partition coefficient (Wildman–Crippen LogP) is 1.29. The maximum Gasteiger partial charge on any atom is 0.231 e. The van der Waals surface area contributed by atoms with Gasteiger partial charge in [-0.25, -0.2) is 0 Å². The van der Waals surface area contributed by atoms with Gasteiger partial charge in [0.05, 0.1) is 0 Å². The van der Waals surface area contributed by atoms with Gasteiger partial charge in [0, 0.05) is 6.54 Å². The van der Waals surface area contributed by atoms with Crippen LogP contribution in [-0.2, 0) is 6.42 Å². The SMILES string of the molecule is NCC1(CNCCc2ccc3c(c2)OCO3)CC1. The van der Waals surface area contributed by atoms with Crippen molar-refractivity contribution in [1.82, 2.24) is 5.32 Å². The van der Waals surface area contributed by atoms with Gasteiger partial charge in [0.2, 0.25) is 6.79 Å². The summed E-state index contributed by atoms with van der Waals surface area (Å²) in [6.45, 7) is 3.19. The fourth-order valence-electron chi connectivity index (χ4n) is 2.31. The molecule has 1 heterocycles. The Balaban J connectivity index is 1.46. The number of hydrogen-bond acceptors (Lipinski definition) is 4. The van der Waals surface area contributed by atoms with Crippen LogP contribution in [0.5, 0.6) is 11.5 Å². The topological polar surface area (TPSA) is 56.5 Å². The van der Waals surface area contributed by atoms with Crippen molar-refractivity contribution >= 4 is 0 Å². The largest absolute Gasteiger partial charge is 0.454 e. The number of nitrogens with two attached hydrogens (primary N) is 1. The van der Waals surface area contributed by atoms with E-state index in [4.69, 9.17) is 15.2 Å². The highest BCUT2D eigenvalue weighted by Crippen LogP contribution is 2.43. The molecule has 0 spiro atoms. The molecule has 1 fully saturated rings. The summed E-state index contributed by atoms with van der Waals surface area (Å²) >= 11 is 0. The van der Waals surface area contributed by atoms with E-state index in [-0.39, 0.29) is 0 Å². The summed E-state index contributed by atoms with van der Waals surface area (Å²) in [6.07, 6.45) is 3.57. The molecule has 1 saturated carbocycles. The van der Waals surface area contributed by atoms with Crippen LogP contribution in [0.25, 0.3) is 0 Å². The molecule has 1 aromatic rings.